The average molecular weight is 261 g/mol. The molecule has 0 atom stereocenters. The van der Waals surface area contributed by atoms with E-state index >= 15 is 0 Å². The number of nitrogens with two attached hydrogens (primary N) is 2. The maximum Gasteiger partial charge on any atom is 0.192 e. The second-order valence-electron chi connectivity index (χ2n) is 6.03. The Morgan fingerprint density at radius 3 is 1.82 bits per heavy atom. The third kappa shape index (κ3) is 6.52. The summed E-state index contributed by atoms with van der Waals surface area (Å²) in [4.78, 5) is 2.27. The molecular weight excluding hydrogens is 230 g/mol. The minimum atomic E-state index is -1.61. The van der Waals surface area contributed by atoms with E-state index in [0.717, 1.165) is 26.2 Å². The van der Waals surface area contributed by atoms with Crippen LogP contribution in [0.15, 0.2) is 0 Å². The van der Waals surface area contributed by atoms with E-state index in [1.54, 1.807) is 0 Å². The molecule has 0 bridgehead atoms. The summed E-state index contributed by atoms with van der Waals surface area (Å²) < 4.78 is 6.13. The minimum absolute atomic E-state index is 0.277. The van der Waals surface area contributed by atoms with E-state index in [1.807, 2.05) is 0 Å². The van der Waals surface area contributed by atoms with Gasteiger partial charge >= 0.3 is 0 Å². The van der Waals surface area contributed by atoms with Gasteiger partial charge in [0.15, 0.2) is 8.32 Å². The third-order valence-electron chi connectivity index (χ3n) is 3.57. The van der Waals surface area contributed by atoms with Gasteiger partial charge in [-0.05, 0) is 18.1 Å². The van der Waals surface area contributed by atoms with E-state index in [2.05, 4.69) is 38.8 Å². The smallest absolute Gasteiger partial charge is 0.192 e. The van der Waals surface area contributed by atoms with Crippen LogP contribution in [0.4, 0.5) is 0 Å². The monoisotopic (exact) mass is 261 g/mol. The van der Waals surface area contributed by atoms with Gasteiger partial charge in [0.1, 0.15) is 0 Å². The van der Waals surface area contributed by atoms with Gasteiger partial charge < -0.3 is 15.9 Å². The van der Waals surface area contributed by atoms with E-state index in [0.29, 0.717) is 13.1 Å². The van der Waals surface area contributed by atoms with Crippen molar-refractivity contribution in [2.75, 3.05) is 39.3 Å². The largest absolute Gasteiger partial charge is 0.416 e. The summed E-state index contributed by atoms with van der Waals surface area (Å²) >= 11 is 0. The van der Waals surface area contributed by atoms with Crippen molar-refractivity contribution in [2.24, 2.45) is 11.5 Å². The highest BCUT2D eigenvalue weighted by atomic mass is 28.4. The van der Waals surface area contributed by atoms with Crippen molar-refractivity contribution >= 4 is 8.32 Å². The summed E-state index contributed by atoms with van der Waals surface area (Å²) in [5.41, 5.74) is 11.1. The van der Waals surface area contributed by atoms with Gasteiger partial charge in [0.05, 0.1) is 0 Å². The van der Waals surface area contributed by atoms with Gasteiger partial charge in [-0.25, -0.2) is 0 Å². The van der Waals surface area contributed by atoms with Gasteiger partial charge in [0.2, 0.25) is 0 Å². The highest BCUT2D eigenvalue weighted by Gasteiger charge is 2.36. The zero-order chi connectivity index (χ0) is 13.5. The zero-order valence-corrected chi connectivity index (χ0v) is 13.3. The van der Waals surface area contributed by atoms with E-state index in [1.165, 1.54) is 0 Å². The Bertz CT molecular complexity index is 198. The minimum Gasteiger partial charge on any atom is -0.416 e. The Hall–Kier alpha value is 0.0569. The first-order chi connectivity index (χ1) is 7.74. The summed E-state index contributed by atoms with van der Waals surface area (Å²) in [6, 6.07) is 0. The summed E-state index contributed by atoms with van der Waals surface area (Å²) in [6.45, 7) is 16.2. The van der Waals surface area contributed by atoms with E-state index < -0.39 is 8.32 Å². The lowest BCUT2D eigenvalue weighted by Crippen LogP contribution is -2.43. The molecule has 0 unspecified atom stereocenters. The SMILES string of the molecule is CC(C)(C)[Si](C)(C)OCCN(CCN)CCN. The van der Waals surface area contributed by atoms with Gasteiger partial charge in [-0.2, -0.15) is 0 Å². The number of hydrogen-bond acceptors (Lipinski definition) is 4. The molecule has 0 aromatic rings. The van der Waals surface area contributed by atoms with Crippen molar-refractivity contribution in [3.63, 3.8) is 0 Å². The molecule has 0 rings (SSSR count). The van der Waals surface area contributed by atoms with Crippen molar-refractivity contribution in [1.29, 1.82) is 0 Å². The molecule has 0 amide bonds. The van der Waals surface area contributed by atoms with E-state index in [-0.39, 0.29) is 5.04 Å². The normalized spacial score (nSPS) is 13.4. The van der Waals surface area contributed by atoms with Crippen molar-refractivity contribution in [1.82, 2.24) is 4.90 Å². The van der Waals surface area contributed by atoms with Crippen LogP contribution < -0.4 is 11.5 Å². The molecule has 4 nitrogen and oxygen atoms in total. The highest BCUT2D eigenvalue weighted by Crippen LogP contribution is 2.36. The maximum atomic E-state index is 6.13. The molecule has 0 radical (unpaired) electrons. The fourth-order valence-electron chi connectivity index (χ4n) is 1.35. The van der Waals surface area contributed by atoms with Crippen LogP contribution in [-0.2, 0) is 4.43 Å². The number of nitrogens with zero attached hydrogens (tertiary/aromatic N) is 1. The Morgan fingerprint density at radius 1 is 1.00 bits per heavy atom. The molecule has 0 fully saturated rings. The molecule has 104 valence electrons. The van der Waals surface area contributed by atoms with Crippen LogP contribution >= 0.6 is 0 Å². The summed E-state index contributed by atoms with van der Waals surface area (Å²) in [5, 5.41) is 0.277. The van der Waals surface area contributed by atoms with Crippen LogP contribution in [-0.4, -0.2) is 52.5 Å². The zero-order valence-electron chi connectivity index (χ0n) is 12.3. The summed E-state index contributed by atoms with van der Waals surface area (Å²) in [7, 11) is -1.61. The van der Waals surface area contributed by atoms with Crippen molar-refractivity contribution < 1.29 is 4.43 Å². The number of rotatable bonds is 8. The maximum absolute atomic E-state index is 6.13. The Balaban J connectivity index is 4.03. The van der Waals surface area contributed by atoms with Crippen molar-refractivity contribution in [2.45, 2.75) is 38.9 Å². The first-order valence-electron chi connectivity index (χ1n) is 6.51. The molecular formula is C12H31N3OSi. The molecule has 4 N–H and O–H groups in total. The molecule has 0 aliphatic heterocycles. The predicted molar refractivity (Wildman–Crippen MR) is 77.7 cm³/mol. The lowest BCUT2D eigenvalue weighted by Gasteiger charge is -2.36. The fourth-order valence-corrected chi connectivity index (χ4v) is 2.38. The summed E-state index contributed by atoms with van der Waals surface area (Å²) in [5.74, 6) is 0. The quantitative estimate of drug-likeness (QED) is 0.645. The van der Waals surface area contributed by atoms with Gasteiger partial charge in [-0.1, -0.05) is 20.8 Å². The van der Waals surface area contributed by atoms with Crippen LogP contribution in [0.5, 0.6) is 0 Å². The van der Waals surface area contributed by atoms with Gasteiger partial charge in [-0.15, -0.1) is 0 Å². The van der Waals surface area contributed by atoms with E-state index in [4.69, 9.17) is 15.9 Å². The Kier molecular flexibility index (Phi) is 7.51. The second-order valence-corrected chi connectivity index (χ2v) is 10.8. The standard InChI is InChI=1S/C12H31N3OSi/c1-12(2,3)17(4,5)16-11-10-15(8-6-13)9-7-14/h6-11,13-14H2,1-5H3. The molecule has 0 saturated heterocycles. The molecule has 0 aliphatic rings. The summed E-state index contributed by atoms with van der Waals surface area (Å²) in [6.07, 6.45) is 0. The first kappa shape index (κ1) is 17.1. The highest BCUT2D eigenvalue weighted by molar-refractivity contribution is 6.74. The van der Waals surface area contributed by atoms with Crippen LogP contribution in [0.3, 0.4) is 0 Å². The molecule has 17 heavy (non-hydrogen) atoms. The first-order valence-corrected chi connectivity index (χ1v) is 9.42. The molecule has 0 heterocycles. The predicted octanol–water partition coefficient (Wildman–Crippen LogP) is 1.23. The van der Waals surface area contributed by atoms with Gasteiger partial charge in [0, 0.05) is 39.3 Å². The molecule has 0 aliphatic carbocycles. The molecule has 0 saturated carbocycles. The van der Waals surface area contributed by atoms with Gasteiger partial charge in [-0.3, -0.25) is 4.90 Å². The molecule has 0 spiro atoms. The lowest BCUT2D eigenvalue weighted by molar-refractivity contribution is 0.204. The second kappa shape index (κ2) is 7.48. The van der Waals surface area contributed by atoms with Crippen LogP contribution in [0.2, 0.25) is 18.1 Å². The average Bonchev–Trinajstić information content (AvgIpc) is 2.16. The molecule has 0 aromatic heterocycles. The Labute approximate surface area is 108 Å². The van der Waals surface area contributed by atoms with Crippen LogP contribution in [0.1, 0.15) is 20.8 Å². The molecule has 0 aromatic carbocycles. The third-order valence-corrected chi connectivity index (χ3v) is 8.11. The van der Waals surface area contributed by atoms with Gasteiger partial charge in [0.25, 0.3) is 0 Å². The van der Waals surface area contributed by atoms with Crippen LogP contribution in [0, 0.1) is 0 Å². The lowest BCUT2D eigenvalue weighted by atomic mass is 10.2. The topological polar surface area (TPSA) is 64.5 Å². The fraction of sp³-hybridized carbons (Fsp3) is 1.00. The van der Waals surface area contributed by atoms with E-state index in [9.17, 15) is 0 Å². The van der Waals surface area contributed by atoms with Crippen molar-refractivity contribution in [3.8, 4) is 0 Å². The number of hydrogen-bond donors (Lipinski definition) is 2. The molecule has 5 heteroatoms. The van der Waals surface area contributed by atoms with Crippen molar-refractivity contribution in [3.05, 3.63) is 0 Å². The Morgan fingerprint density at radius 2 is 1.47 bits per heavy atom. The van der Waals surface area contributed by atoms with Crippen LogP contribution in [0.25, 0.3) is 0 Å².